The van der Waals surface area contributed by atoms with E-state index in [-0.39, 0.29) is 10.7 Å². The number of nitrogens with zero attached hydrogens (tertiary/aromatic N) is 3. The molecule has 204 valence electrons. The smallest absolute Gasteiger partial charge is 0.283 e. The molecule has 0 bridgehead atoms. The van der Waals surface area contributed by atoms with Crippen LogP contribution in [0.25, 0.3) is 22.5 Å². The van der Waals surface area contributed by atoms with Crippen LogP contribution in [-0.2, 0) is 9.84 Å². The molecule has 2 fully saturated rings. The predicted octanol–water partition coefficient (Wildman–Crippen LogP) is 6.87. The molecule has 1 amide bonds. The van der Waals surface area contributed by atoms with Crippen LogP contribution in [-0.4, -0.2) is 42.4 Å². The first-order chi connectivity index (χ1) is 18.8. The number of benzene rings is 2. The van der Waals surface area contributed by atoms with E-state index in [9.17, 15) is 13.2 Å². The molecule has 0 unspecified atom stereocenters. The summed E-state index contributed by atoms with van der Waals surface area (Å²) < 4.78 is 27.7. The molecule has 3 aromatic rings. The highest BCUT2D eigenvalue weighted by Crippen LogP contribution is 2.34. The van der Waals surface area contributed by atoms with Gasteiger partial charge in [-0.2, -0.15) is 0 Å². The van der Waals surface area contributed by atoms with Crippen LogP contribution in [0, 0.1) is 0 Å². The summed E-state index contributed by atoms with van der Waals surface area (Å²) in [5.41, 5.74) is 5.49. The summed E-state index contributed by atoms with van der Waals surface area (Å²) in [6, 6.07) is 13.9. The van der Waals surface area contributed by atoms with E-state index in [0.717, 1.165) is 56.9 Å². The third-order valence-corrected chi connectivity index (χ3v) is 8.99. The van der Waals surface area contributed by atoms with Gasteiger partial charge in [-0.05, 0) is 62.8 Å². The molecular weight excluding hydrogens is 555 g/mol. The summed E-state index contributed by atoms with van der Waals surface area (Å²) in [7, 11) is -4.08. The maximum Gasteiger partial charge on any atom is 0.287 e. The third-order valence-electron chi connectivity index (χ3n) is 7.02. The van der Waals surface area contributed by atoms with Crippen molar-refractivity contribution in [2.75, 3.05) is 13.1 Å². The number of sulfone groups is 1. The van der Waals surface area contributed by atoms with Crippen LogP contribution in [0.2, 0.25) is 10.0 Å². The van der Waals surface area contributed by atoms with Gasteiger partial charge in [0.2, 0.25) is 9.84 Å². The summed E-state index contributed by atoms with van der Waals surface area (Å²) in [5, 5.41) is 3.84. The molecular formula is C29H30Cl2N4O3S. The van der Waals surface area contributed by atoms with Crippen molar-refractivity contribution >= 4 is 38.9 Å². The van der Waals surface area contributed by atoms with Crippen LogP contribution in [0.15, 0.2) is 64.5 Å². The minimum Gasteiger partial charge on any atom is -0.283 e. The number of amides is 1. The molecule has 0 radical (unpaired) electrons. The Hall–Kier alpha value is -2.78. The second-order valence-corrected chi connectivity index (χ2v) is 12.5. The second kappa shape index (κ2) is 12.2. The molecule has 5 rings (SSSR count). The highest BCUT2D eigenvalue weighted by molar-refractivity contribution is 7.94. The predicted molar refractivity (Wildman–Crippen MR) is 154 cm³/mol. The Bertz CT molecular complexity index is 1480. The molecule has 7 nitrogen and oxygen atoms in total. The monoisotopic (exact) mass is 584 g/mol. The van der Waals surface area contributed by atoms with Gasteiger partial charge in [0, 0.05) is 39.7 Å². The molecule has 1 aromatic heterocycles. The number of halogens is 2. The van der Waals surface area contributed by atoms with Crippen molar-refractivity contribution in [1.29, 1.82) is 0 Å². The van der Waals surface area contributed by atoms with Gasteiger partial charge in [-0.25, -0.2) is 23.4 Å². The first-order valence-electron chi connectivity index (χ1n) is 13.2. The van der Waals surface area contributed by atoms with E-state index in [2.05, 4.69) is 10.4 Å². The molecule has 1 aliphatic carbocycles. The van der Waals surface area contributed by atoms with Gasteiger partial charge in [0.05, 0.1) is 11.4 Å². The fraction of sp³-hybridized carbons (Fsp3) is 0.345. The van der Waals surface area contributed by atoms with Gasteiger partial charge in [-0.3, -0.25) is 10.2 Å². The molecule has 1 aliphatic heterocycles. The topological polar surface area (TPSA) is 92.3 Å². The van der Waals surface area contributed by atoms with Gasteiger partial charge in [0.25, 0.3) is 5.91 Å². The average Bonchev–Trinajstić information content (AvgIpc) is 2.94. The van der Waals surface area contributed by atoms with Crippen LogP contribution < -0.4 is 5.43 Å². The van der Waals surface area contributed by atoms with E-state index in [1.54, 1.807) is 48.5 Å². The summed E-state index contributed by atoms with van der Waals surface area (Å²) in [4.78, 5) is 23.0. The zero-order valence-corrected chi connectivity index (χ0v) is 23.8. The maximum absolute atomic E-state index is 13.8. The standard InChI is InChI=1S/C29H30Cl2N4O3S/c30-23-13-9-21(10-14-23)25-26(22-11-15-24(31)16-12-22)33-29(39(37,38)19-20-7-3-1-4-8-20)27(32-25)28(36)34-35-17-5-2-6-18-35/h9-16,19H,1-8,17-18H2,(H,34,36). The molecule has 1 saturated heterocycles. The van der Waals surface area contributed by atoms with Gasteiger partial charge in [0.15, 0.2) is 10.7 Å². The zero-order chi connectivity index (χ0) is 27.4. The molecule has 0 spiro atoms. The number of hydrogen-bond acceptors (Lipinski definition) is 6. The molecule has 39 heavy (non-hydrogen) atoms. The number of aromatic nitrogens is 2. The molecule has 1 N–H and O–H groups in total. The Morgan fingerprint density at radius 2 is 1.28 bits per heavy atom. The number of rotatable bonds is 6. The highest BCUT2D eigenvalue weighted by Gasteiger charge is 2.30. The van der Waals surface area contributed by atoms with Crippen molar-refractivity contribution in [3.05, 3.63) is 75.3 Å². The number of hydrazine groups is 1. The van der Waals surface area contributed by atoms with Gasteiger partial charge in [-0.15, -0.1) is 0 Å². The lowest BCUT2D eigenvalue weighted by atomic mass is 9.96. The van der Waals surface area contributed by atoms with Crippen molar-refractivity contribution < 1.29 is 13.2 Å². The van der Waals surface area contributed by atoms with Gasteiger partial charge < -0.3 is 0 Å². The molecule has 2 aromatic carbocycles. The first-order valence-corrected chi connectivity index (χ1v) is 15.5. The van der Waals surface area contributed by atoms with Crippen LogP contribution in [0.3, 0.4) is 0 Å². The van der Waals surface area contributed by atoms with Crippen molar-refractivity contribution in [3.63, 3.8) is 0 Å². The van der Waals surface area contributed by atoms with Gasteiger partial charge in [-0.1, -0.05) is 65.9 Å². The number of carbonyl (C=O) groups is 1. The molecule has 10 heteroatoms. The van der Waals surface area contributed by atoms with E-state index in [1.165, 1.54) is 5.41 Å². The van der Waals surface area contributed by atoms with Crippen molar-refractivity contribution in [3.8, 4) is 22.5 Å². The third kappa shape index (κ3) is 6.69. The molecule has 2 aliphatic rings. The zero-order valence-electron chi connectivity index (χ0n) is 21.5. The highest BCUT2D eigenvalue weighted by atomic mass is 35.5. The minimum atomic E-state index is -4.08. The summed E-state index contributed by atoms with van der Waals surface area (Å²) in [5.74, 6) is -0.595. The Balaban J connectivity index is 1.70. The largest absolute Gasteiger partial charge is 0.287 e. The van der Waals surface area contributed by atoms with Gasteiger partial charge in [0.1, 0.15) is 0 Å². The lowest BCUT2D eigenvalue weighted by Gasteiger charge is -2.27. The van der Waals surface area contributed by atoms with Crippen LogP contribution >= 0.6 is 23.2 Å². The van der Waals surface area contributed by atoms with E-state index in [0.29, 0.717) is 45.6 Å². The van der Waals surface area contributed by atoms with E-state index in [1.807, 2.05) is 5.01 Å². The fourth-order valence-electron chi connectivity index (χ4n) is 4.99. The van der Waals surface area contributed by atoms with Crippen molar-refractivity contribution in [2.24, 2.45) is 0 Å². The average molecular weight is 586 g/mol. The van der Waals surface area contributed by atoms with Gasteiger partial charge >= 0.3 is 0 Å². The minimum absolute atomic E-state index is 0.226. The number of nitrogens with one attached hydrogen (secondary N) is 1. The Morgan fingerprint density at radius 3 is 1.85 bits per heavy atom. The lowest BCUT2D eigenvalue weighted by molar-refractivity contribution is 0.0740. The quantitative estimate of drug-likeness (QED) is 0.340. The van der Waals surface area contributed by atoms with E-state index < -0.39 is 15.7 Å². The Morgan fingerprint density at radius 1 is 0.769 bits per heavy atom. The van der Waals surface area contributed by atoms with Crippen molar-refractivity contribution in [1.82, 2.24) is 20.4 Å². The van der Waals surface area contributed by atoms with E-state index in [4.69, 9.17) is 28.2 Å². The molecule has 0 atom stereocenters. The fourth-order valence-corrected chi connectivity index (χ4v) is 6.65. The van der Waals surface area contributed by atoms with E-state index >= 15 is 0 Å². The lowest BCUT2D eigenvalue weighted by Crippen LogP contribution is -2.45. The maximum atomic E-state index is 13.8. The van der Waals surface area contributed by atoms with Crippen LogP contribution in [0.4, 0.5) is 0 Å². The van der Waals surface area contributed by atoms with Crippen LogP contribution in [0.1, 0.15) is 61.9 Å². The number of piperidine rings is 1. The number of allylic oxidation sites excluding steroid dienone is 1. The second-order valence-electron chi connectivity index (χ2n) is 9.96. The SMILES string of the molecule is O=C(NN1CCCCC1)c1nc(-c2ccc(Cl)cc2)c(-c2ccc(Cl)cc2)nc1S(=O)(=O)C=C1CCCCC1. The summed E-state index contributed by atoms with van der Waals surface area (Å²) in [6.07, 6.45) is 7.40. The normalized spacial score (nSPS) is 16.6. The Labute approximate surface area is 239 Å². The first kappa shape index (κ1) is 27.8. The molecule has 2 heterocycles. The molecule has 1 saturated carbocycles. The summed E-state index contributed by atoms with van der Waals surface area (Å²) >= 11 is 12.3. The van der Waals surface area contributed by atoms with Crippen LogP contribution in [0.5, 0.6) is 0 Å². The number of carbonyl (C=O) groups excluding carboxylic acids is 1. The summed E-state index contributed by atoms with van der Waals surface area (Å²) in [6.45, 7) is 1.39. The Kier molecular flexibility index (Phi) is 8.67. The van der Waals surface area contributed by atoms with Crippen molar-refractivity contribution in [2.45, 2.75) is 56.4 Å². The number of hydrogen-bond donors (Lipinski definition) is 1.